The van der Waals surface area contributed by atoms with Crippen LogP contribution in [0.1, 0.15) is 6.92 Å². The van der Waals surface area contributed by atoms with Crippen LogP contribution in [0.2, 0.25) is 0 Å². The van der Waals surface area contributed by atoms with Gasteiger partial charge in [-0.05, 0) is 0 Å². The normalized spacial score (nSPS) is 26.8. The SMILES string of the molecule is COC(=O)C1=C(COC(C)=O)CS(=O)(=O)[C@@H]2[C@@H](Cl)C(=O)N12. The molecule has 1 saturated heterocycles. The maximum Gasteiger partial charge on any atom is 0.354 e. The van der Waals surface area contributed by atoms with Gasteiger partial charge in [-0.2, -0.15) is 0 Å². The number of alkyl halides is 1. The van der Waals surface area contributed by atoms with Gasteiger partial charge in [0.25, 0.3) is 0 Å². The van der Waals surface area contributed by atoms with E-state index in [1.54, 1.807) is 0 Å². The minimum Gasteiger partial charge on any atom is -0.464 e. The van der Waals surface area contributed by atoms with Crippen LogP contribution in [-0.2, 0) is 33.7 Å². The zero-order valence-corrected chi connectivity index (χ0v) is 12.7. The van der Waals surface area contributed by atoms with Crippen molar-refractivity contribution in [2.75, 3.05) is 19.5 Å². The Bertz CT molecular complexity index is 653. The summed E-state index contributed by atoms with van der Waals surface area (Å²) in [5.74, 6) is -2.75. The van der Waals surface area contributed by atoms with E-state index in [4.69, 9.17) is 16.3 Å². The number of halogens is 1. The van der Waals surface area contributed by atoms with Crippen molar-refractivity contribution in [1.82, 2.24) is 4.90 Å². The maximum absolute atomic E-state index is 12.1. The molecule has 2 rings (SSSR count). The monoisotopic (exact) mass is 337 g/mol. The summed E-state index contributed by atoms with van der Waals surface area (Å²) >= 11 is 5.72. The number of β-lactam (4-membered cyclic amide) rings is 1. The first-order valence-electron chi connectivity index (χ1n) is 5.83. The molecule has 0 bridgehead atoms. The molecule has 1 fully saturated rings. The molecule has 0 spiro atoms. The van der Waals surface area contributed by atoms with E-state index in [-0.39, 0.29) is 11.3 Å². The van der Waals surface area contributed by atoms with Gasteiger partial charge in [-0.25, -0.2) is 13.2 Å². The fourth-order valence-electron chi connectivity index (χ4n) is 2.21. The van der Waals surface area contributed by atoms with Crippen LogP contribution in [0.5, 0.6) is 0 Å². The summed E-state index contributed by atoms with van der Waals surface area (Å²) < 4.78 is 33.5. The molecule has 2 heterocycles. The summed E-state index contributed by atoms with van der Waals surface area (Å²) in [6.45, 7) is 0.727. The van der Waals surface area contributed by atoms with Crippen molar-refractivity contribution in [1.29, 1.82) is 0 Å². The number of methoxy groups -OCH3 is 1. The van der Waals surface area contributed by atoms with Crippen LogP contribution in [0.15, 0.2) is 11.3 Å². The molecular formula is C11H12ClNO7S. The predicted octanol–water partition coefficient (Wildman–Crippen LogP) is -0.819. The number of fused-ring (bicyclic) bond motifs is 1. The molecule has 0 aromatic heterocycles. The number of carbonyl (C=O) groups is 3. The molecule has 0 aromatic carbocycles. The van der Waals surface area contributed by atoms with Gasteiger partial charge in [0, 0.05) is 12.5 Å². The minimum atomic E-state index is -3.76. The molecule has 21 heavy (non-hydrogen) atoms. The molecule has 0 radical (unpaired) electrons. The molecule has 0 unspecified atom stereocenters. The van der Waals surface area contributed by atoms with E-state index in [1.165, 1.54) is 0 Å². The number of hydrogen-bond acceptors (Lipinski definition) is 7. The Balaban J connectivity index is 2.48. The molecule has 2 atom stereocenters. The van der Waals surface area contributed by atoms with Crippen molar-refractivity contribution in [3.05, 3.63) is 11.3 Å². The topological polar surface area (TPSA) is 107 Å². The first kappa shape index (κ1) is 15.8. The van der Waals surface area contributed by atoms with Crippen LogP contribution in [0, 0.1) is 0 Å². The fraction of sp³-hybridized carbons (Fsp3) is 0.545. The van der Waals surface area contributed by atoms with Gasteiger partial charge in [0.1, 0.15) is 17.7 Å². The lowest BCUT2D eigenvalue weighted by Crippen LogP contribution is -2.68. The second kappa shape index (κ2) is 5.30. The predicted molar refractivity (Wildman–Crippen MR) is 69.7 cm³/mol. The Morgan fingerprint density at radius 2 is 2.05 bits per heavy atom. The number of hydrogen-bond donors (Lipinski definition) is 0. The van der Waals surface area contributed by atoms with E-state index >= 15 is 0 Å². The summed E-state index contributed by atoms with van der Waals surface area (Å²) in [5, 5.41) is -2.52. The third-order valence-corrected chi connectivity index (χ3v) is 5.67. The van der Waals surface area contributed by atoms with Gasteiger partial charge in [-0.1, -0.05) is 0 Å². The number of carbonyl (C=O) groups excluding carboxylic acids is 3. The summed E-state index contributed by atoms with van der Waals surface area (Å²) in [7, 11) is -2.66. The van der Waals surface area contributed by atoms with Crippen molar-refractivity contribution >= 4 is 39.3 Å². The molecule has 0 saturated carbocycles. The van der Waals surface area contributed by atoms with Crippen LogP contribution >= 0.6 is 11.6 Å². The fourth-order valence-corrected chi connectivity index (χ4v) is 4.79. The first-order chi connectivity index (χ1) is 9.70. The van der Waals surface area contributed by atoms with E-state index in [0.29, 0.717) is 0 Å². The second-order valence-corrected chi connectivity index (χ2v) is 7.10. The Kier molecular flexibility index (Phi) is 3.98. The van der Waals surface area contributed by atoms with Crippen molar-refractivity contribution in [2.24, 2.45) is 0 Å². The molecule has 0 N–H and O–H groups in total. The summed E-state index contributed by atoms with van der Waals surface area (Å²) in [5.41, 5.74) is -0.231. The highest BCUT2D eigenvalue weighted by molar-refractivity contribution is 7.92. The quantitative estimate of drug-likeness (QED) is 0.376. The Morgan fingerprint density at radius 3 is 2.57 bits per heavy atom. The third-order valence-electron chi connectivity index (χ3n) is 3.13. The molecule has 116 valence electrons. The van der Waals surface area contributed by atoms with Gasteiger partial charge in [0.15, 0.2) is 15.2 Å². The number of sulfone groups is 1. The van der Waals surface area contributed by atoms with Crippen molar-refractivity contribution < 1.29 is 32.3 Å². The average molecular weight is 338 g/mol. The summed E-state index contributed by atoms with van der Waals surface area (Å²) in [6.07, 6.45) is 0. The average Bonchev–Trinajstić information content (AvgIpc) is 2.41. The number of amides is 1. The molecule has 0 aliphatic carbocycles. The number of ether oxygens (including phenoxy) is 2. The number of esters is 2. The summed E-state index contributed by atoms with van der Waals surface area (Å²) in [6, 6.07) is 0. The van der Waals surface area contributed by atoms with Crippen molar-refractivity contribution in [3.63, 3.8) is 0 Å². The molecule has 1 amide bonds. The van der Waals surface area contributed by atoms with Gasteiger partial charge in [0.2, 0.25) is 5.91 Å². The van der Waals surface area contributed by atoms with Crippen LogP contribution < -0.4 is 0 Å². The van der Waals surface area contributed by atoms with Crippen LogP contribution in [0.25, 0.3) is 0 Å². The van der Waals surface area contributed by atoms with E-state index in [0.717, 1.165) is 18.9 Å². The van der Waals surface area contributed by atoms with Gasteiger partial charge in [-0.15, -0.1) is 11.6 Å². The second-order valence-electron chi connectivity index (χ2n) is 4.53. The molecule has 0 aromatic rings. The Labute approximate surface area is 125 Å². The summed E-state index contributed by atoms with van der Waals surface area (Å²) in [4.78, 5) is 35.3. The van der Waals surface area contributed by atoms with Crippen LogP contribution in [0.4, 0.5) is 0 Å². The van der Waals surface area contributed by atoms with Crippen molar-refractivity contribution in [2.45, 2.75) is 17.7 Å². The van der Waals surface area contributed by atoms with E-state index in [9.17, 15) is 22.8 Å². The van der Waals surface area contributed by atoms with Gasteiger partial charge >= 0.3 is 11.9 Å². The van der Waals surface area contributed by atoms with E-state index in [2.05, 4.69) is 4.74 Å². The van der Waals surface area contributed by atoms with Gasteiger partial charge in [0.05, 0.1) is 12.9 Å². The molecule has 2 aliphatic rings. The molecule has 10 heteroatoms. The Hall–Kier alpha value is -1.61. The molecule has 8 nitrogen and oxygen atoms in total. The van der Waals surface area contributed by atoms with Gasteiger partial charge < -0.3 is 9.47 Å². The van der Waals surface area contributed by atoms with Crippen LogP contribution in [-0.4, -0.2) is 61.4 Å². The highest BCUT2D eigenvalue weighted by Crippen LogP contribution is 2.39. The zero-order chi connectivity index (χ0) is 15.9. The van der Waals surface area contributed by atoms with Crippen molar-refractivity contribution in [3.8, 4) is 0 Å². The van der Waals surface area contributed by atoms with E-state index < -0.39 is 50.8 Å². The standard InChI is InChI=1S/C11H12ClNO7S/c1-5(14)20-3-6-4-21(17,18)10-7(12)9(15)13(10)8(6)11(16)19-2/h7,10H,3-4H2,1-2H3/t7-,10+/m0/s1. The molecular weight excluding hydrogens is 326 g/mol. The molecule has 2 aliphatic heterocycles. The zero-order valence-electron chi connectivity index (χ0n) is 11.2. The highest BCUT2D eigenvalue weighted by Gasteiger charge is 2.59. The lowest BCUT2D eigenvalue weighted by molar-refractivity contribution is -0.148. The highest BCUT2D eigenvalue weighted by atomic mass is 35.5. The number of nitrogens with zero attached hydrogens (tertiary/aromatic N) is 1. The third kappa shape index (κ3) is 2.51. The first-order valence-corrected chi connectivity index (χ1v) is 7.98. The largest absolute Gasteiger partial charge is 0.464 e. The van der Waals surface area contributed by atoms with E-state index in [1.807, 2.05) is 0 Å². The lowest BCUT2D eigenvalue weighted by atomic mass is 10.1. The minimum absolute atomic E-state index is 0.00906. The number of rotatable bonds is 3. The smallest absolute Gasteiger partial charge is 0.354 e. The lowest BCUT2D eigenvalue weighted by Gasteiger charge is -2.46. The maximum atomic E-state index is 12.1. The Morgan fingerprint density at radius 1 is 1.43 bits per heavy atom. The van der Waals surface area contributed by atoms with Gasteiger partial charge in [-0.3, -0.25) is 14.5 Å². The van der Waals surface area contributed by atoms with Crippen LogP contribution in [0.3, 0.4) is 0 Å².